The van der Waals surface area contributed by atoms with Crippen LogP contribution in [0.3, 0.4) is 0 Å². The summed E-state index contributed by atoms with van der Waals surface area (Å²) in [4.78, 5) is 3.39. The summed E-state index contributed by atoms with van der Waals surface area (Å²) in [5.41, 5.74) is -2.35. The van der Waals surface area contributed by atoms with Crippen LogP contribution in [-0.4, -0.2) is 25.0 Å². The second-order valence-electron chi connectivity index (χ2n) is 6.85. The van der Waals surface area contributed by atoms with E-state index in [0.29, 0.717) is 5.75 Å². The van der Waals surface area contributed by atoms with Gasteiger partial charge in [0.05, 0.1) is 10.9 Å². The van der Waals surface area contributed by atoms with Gasteiger partial charge in [-0.1, -0.05) is 36.4 Å². The topological polar surface area (TPSA) is 18.5 Å². The van der Waals surface area contributed by atoms with Gasteiger partial charge in [0.15, 0.2) is 20.3 Å². The van der Waals surface area contributed by atoms with Gasteiger partial charge in [-0.2, -0.15) is 13.2 Å². The summed E-state index contributed by atoms with van der Waals surface area (Å²) in [5.74, 6) is 0.374. The molecule has 0 saturated carbocycles. The smallest absolute Gasteiger partial charge is 0.420 e. The SMILES string of the molecule is CCOC(C)(COc1ccc([S+](c2ccccc2)c2ccccc2)cc1)C(F)(F)F. The van der Waals surface area contributed by atoms with E-state index in [1.807, 2.05) is 48.5 Å². The molecule has 3 rings (SSSR count). The molecule has 0 heterocycles. The first-order valence-corrected chi connectivity index (χ1v) is 10.8. The molecule has 0 aliphatic carbocycles. The van der Waals surface area contributed by atoms with Crippen LogP contribution in [0, 0.1) is 0 Å². The Kier molecular flexibility index (Phi) is 7.10. The van der Waals surface area contributed by atoms with Crippen molar-refractivity contribution in [3.63, 3.8) is 0 Å². The maximum atomic E-state index is 13.3. The third-order valence-corrected chi connectivity index (χ3v) is 6.82. The molecule has 0 aliphatic heterocycles. The molecule has 6 heteroatoms. The number of hydrogen-bond acceptors (Lipinski definition) is 2. The van der Waals surface area contributed by atoms with Crippen molar-refractivity contribution in [2.45, 2.75) is 40.3 Å². The first-order chi connectivity index (χ1) is 14.3. The lowest BCUT2D eigenvalue weighted by Crippen LogP contribution is -2.49. The van der Waals surface area contributed by atoms with Gasteiger partial charge < -0.3 is 9.47 Å². The molecule has 0 spiro atoms. The van der Waals surface area contributed by atoms with E-state index >= 15 is 0 Å². The van der Waals surface area contributed by atoms with Crippen molar-refractivity contribution in [3.8, 4) is 5.75 Å². The Morgan fingerprint density at radius 3 is 1.63 bits per heavy atom. The monoisotopic (exact) mass is 433 g/mol. The Balaban J connectivity index is 1.82. The summed E-state index contributed by atoms with van der Waals surface area (Å²) in [6.45, 7) is 1.89. The third-order valence-electron chi connectivity index (χ3n) is 4.59. The molecule has 0 saturated heterocycles. The van der Waals surface area contributed by atoms with Gasteiger partial charge in [-0.05, 0) is 62.4 Å². The van der Waals surface area contributed by atoms with E-state index in [0.717, 1.165) is 11.8 Å². The van der Waals surface area contributed by atoms with Gasteiger partial charge >= 0.3 is 6.18 Å². The van der Waals surface area contributed by atoms with Gasteiger partial charge in [0.1, 0.15) is 12.4 Å². The lowest BCUT2D eigenvalue weighted by molar-refractivity contribution is -0.277. The minimum atomic E-state index is -4.52. The van der Waals surface area contributed by atoms with Crippen molar-refractivity contribution in [2.75, 3.05) is 13.2 Å². The average Bonchev–Trinajstić information content (AvgIpc) is 2.74. The van der Waals surface area contributed by atoms with Crippen molar-refractivity contribution in [1.29, 1.82) is 0 Å². The van der Waals surface area contributed by atoms with Crippen LogP contribution in [0.5, 0.6) is 5.75 Å². The average molecular weight is 434 g/mol. The van der Waals surface area contributed by atoms with E-state index in [2.05, 4.69) is 24.3 Å². The van der Waals surface area contributed by atoms with Crippen molar-refractivity contribution in [2.24, 2.45) is 0 Å². The zero-order valence-corrected chi connectivity index (χ0v) is 17.7. The number of benzene rings is 3. The fourth-order valence-corrected chi connectivity index (χ4v) is 5.02. The molecule has 2 nitrogen and oxygen atoms in total. The number of halogens is 3. The molecule has 0 bridgehead atoms. The maximum absolute atomic E-state index is 13.3. The Labute approximate surface area is 178 Å². The van der Waals surface area contributed by atoms with Crippen molar-refractivity contribution in [3.05, 3.63) is 84.9 Å². The van der Waals surface area contributed by atoms with Gasteiger partial charge in [0, 0.05) is 6.61 Å². The molecule has 0 aromatic heterocycles. The van der Waals surface area contributed by atoms with Gasteiger partial charge in [-0.3, -0.25) is 0 Å². The minimum Gasteiger partial charge on any atom is -0.490 e. The summed E-state index contributed by atoms with van der Waals surface area (Å²) in [6, 6.07) is 27.5. The van der Waals surface area contributed by atoms with Crippen LogP contribution < -0.4 is 4.74 Å². The highest BCUT2D eigenvalue weighted by molar-refractivity contribution is 7.97. The highest BCUT2D eigenvalue weighted by atomic mass is 32.2. The molecule has 3 aromatic rings. The van der Waals surface area contributed by atoms with Crippen molar-refractivity contribution >= 4 is 10.9 Å². The predicted octanol–water partition coefficient (Wildman–Crippen LogP) is 6.52. The Hall–Kier alpha value is -2.44. The van der Waals surface area contributed by atoms with E-state index in [1.165, 1.54) is 16.7 Å². The molecule has 0 aliphatic rings. The van der Waals surface area contributed by atoms with Gasteiger partial charge in [0.25, 0.3) is 0 Å². The van der Waals surface area contributed by atoms with Crippen LogP contribution in [0.25, 0.3) is 0 Å². The van der Waals surface area contributed by atoms with E-state index in [4.69, 9.17) is 9.47 Å². The first-order valence-electron chi connectivity index (χ1n) is 9.62. The fraction of sp³-hybridized carbons (Fsp3) is 0.250. The Bertz CT molecular complexity index is 875. The van der Waals surface area contributed by atoms with Crippen LogP contribution in [0.1, 0.15) is 13.8 Å². The number of alkyl halides is 3. The normalized spacial score (nSPS) is 13.8. The standard InChI is InChI=1S/C24H24F3O2S/c1-3-29-23(2,24(25,26)27)18-28-19-14-16-22(17-15-19)30(20-10-6-4-7-11-20)21-12-8-5-9-13-21/h4-17H,3,18H2,1-2H3/q+1. The quantitative estimate of drug-likeness (QED) is 0.377. The maximum Gasteiger partial charge on any atom is 0.420 e. The third kappa shape index (κ3) is 5.18. The summed E-state index contributed by atoms with van der Waals surface area (Å²) < 4.78 is 50.4. The Morgan fingerprint density at radius 1 is 0.733 bits per heavy atom. The first kappa shape index (κ1) is 22.2. The summed E-state index contributed by atoms with van der Waals surface area (Å²) in [6.07, 6.45) is -4.52. The van der Waals surface area contributed by atoms with E-state index in [1.54, 1.807) is 12.1 Å². The summed E-state index contributed by atoms with van der Waals surface area (Å²) in [5, 5.41) is 0. The minimum absolute atomic E-state index is 0.0464. The highest BCUT2D eigenvalue weighted by Gasteiger charge is 2.53. The molecule has 0 radical (unpaired) electrons. The van der Waals surface area contributed by atoms with E-state index in [9.17, 15) is 13.2 Å². The number of ether oxygens (including phenoxy) is 2. The zero-order valence-electron chi connectivity index (χ0n) is 16.9. The van der Waals surface area contributed by atoms with Crippen LogP contribution >= 0.6 is 0 Å². The predicted molar refractivity (Wildman–Crippen MR) is 113 cm³/mol. The highest BCUT2D eigenvalue weighted by Crippen LogP contribution is 2.35. The van der Waals surface area contributed by atoms with E-state index < -0.39 is 18.4 Å². The largest absolute Gasteiger partial charge is 0.490 e. The molecule has 0 N–H and O–H groups in total. The van der Waals surface area contributed by atoms with Gasteiger partial charge in [0.2, 0.25) is 0 Å². The van der Waals surface area contributed by atoms with E-state index in [-0.39, 0.29) is 17.5 Å². The molecule has 0 amide bonds. The van der Waals surface area contributed by atoms with Crippen molar-refractivity contribution in [1.82, 2.24) is 0 Å². The molecule has 30 heavy (non-hydrogen) atoms. The number of hydrogen-bond donors (Lipinski definition) is 0. The lowest BCUT2D eigenvalue weighted by atomic mass is 10.1. The summed E-state index contributed by atoms with van der Waals surface area (Å²) >= 11 is 0. The Morgan fingerprint density at radius 2 is 1.20 bits per heavy atom. The fourth-order valence-electron chi connectivity index (χ4n) is 2.94. The summed E-state index contributed by atoms with van der Waals surface area (Å²) in [7, 11) is -0.321. The van der Waals surface area contributed by atoms with Gasteiger partial charge in [-0.25, -0.2) is 0 Å². The number of rotatable bonds is 8. The van der Waals surface area contributed by atoms with Crippen molar-refractivity contribution < 1.29 is 22.6 Å². The second-order valence-corrected chi connectivity index (χ2v) is 8.88. The molecule has 1 atom stereocenters. The molecule has 0 fully saturated rings. The van der Waals surface area contributed by atoms with Crippen LogP contribution in [0.4, 0.5) is 13.2 Å². The lowest BCUT2D eigenvalue weighted by Gasteiger charge is -2.31. The zero-order chi connectivity index (χ0) is 21.6. The molecular weight excluding hydrogens is 409 g/mol. The van der Waals surface area contributed by atoms with Crippen LogP contribution in [-0.2, 0) is 15.6 Å². The van der Waals surface area contributed by atoms with Crippen LogP contribution in [0.2, 0.25) is 0 Å². The second kappa shape index (κ2) is 9.58. The van der Waals surface area contributed by atoms with Gasteiger partial charge in [-0.15, -0.1) is 0 Å². The van der Waals surface area contributed by atoms with Crippen LogP contribution in [0.15, 0.2) is 99.6 Å². The molecule has 158 valence electrons. The molecule has 3 aromatic carbocycles. The molecular formula is C24H24F3O2S+. The molecule has 1 unspecified atom stereocenters.